The number of nitrogens with zero attached hydrogens (tertiary/aromatic N) is 3. The molecular formula is C15H18F2N4O. The molecule has 2 aromatic heterocycles. The van der Waals surface area contributed by atoms with E-state index in [0.717, 1.165) is 5.56 Å². The molecule has 2 rings (SSSR count). The van der Waals surface area contributed by atoms with E-state index in [0.29, 0.717) is 6.54 Å². The fraction of sp³-hybridized carbons (Fsp3) is 0.400. The Labute approximate surface area is 127 Å². The van der Waals surface area contributed by atoms with Crippen LogP contribution in [0.25, 0.3) is 0 Å². The fourth-order valence-electron chi connectivity index (χ4n) is 2.01. The van der Waals surface area contributed by atoms with Crippen LogP contribution in [0, 0.1) is 5.92 Å². The summed E-state index contributed by atoms with van der Waals surface area (Å²) in [4.78, 5) is 16.0. The van der Waals surface area contributed by atoms with Crippen LogP contribution in [0.5, 0.6) is 0 Å². The van der Waals surface area contributed by atoms with Crippen LogP contribution in [0.4, 0.5) is 8.78 Å². The van der Waals surface area contributed by atoms with Crippen molar-refractivity contribution in [3.05, 3.63) is 47.5 Å². The molecule has 0 saturated carbocycles. The van der Waals surface area contributed by atoms with Crippen molar-refractivity contribution >= 4 is 5.91 Å². The summed E-state index contributed by atoms with van der Waals surface area (Å²) in [6.45, 7) is 4.62. The number of carbonyl (C=O) groups excluding carboxylic acids is 1. The van der Waals surface area contributed by atoms with Crippen molar-refractivity contribution in [2.45, 2.75) is 33.4 Å². The van der Waals surface area contributed by atoms with Gasteiger partial charge in [-0.15, -0.1) is 0 Å². The van der Waals surface area contributed by atoms with Gasteiger partial charge in [-0.2, -0.15) is 5.10 Å². The lowest BCUT2D eigenvalue weighted by Crippen LogP contribution is -2.24. The van der Waals surface area contributed by atoms with Gasteiger partial charge in [0.2, 0.25) is 0 Å². The molecule has 0 aliphatic rings. The van der Waals surface area contributed by atoms with Crippen LogP contribution in [0.3, 0.4) is 0 Å². The average molecular weight is 308 g/mol. The van der Waals surface area contributed by atoms with Crippen molar-refractivity contribution in [3.63, 3.8) is 0 Å². The van der Waals surface area contributed by atoms with Crippen molar-refractivity contribution in [1.82, 2.24) is 20.1 Å². The van der Waals surface area contributed by atoms with Gasteiger partial charge in [0.15, 0.2) is 5.69 Å². The first kappa shape index (κ1) is 16.1. The van der Waals surface area contributed by atoms with Crippen LogP contribution in [0.1, 0.15) is 41.9 Å². The molecule has 0 atom stereocenters. The van der Waals surface area contributed by atoms with Crippen LogP contribution < -0.4 is 5.32 Å². The molecule has 1 N–H and O–H groups in total. The Kier molecular flexibility index (Phi) is 5.19. The van der Waals surface area contributed by atoms with Gasteiger partial charge in [-0.3, -0.25) is 14.5 Å². The largest absolute Gasteiger partial charge is 0.347 e. The molecule has 0 aromatic carbocycles. The number of pyridine rings is 1. The van der Waals surface area contributed by atoms with Crippen molar-refractivity contribution in [1.29, 1.82) is 0 Å². The summed E-state index contributed by atoms with van der Waals surface area (Å²) in [6.07, 6.45) is 1.71. The van der Waals surface area contributed by atoms with Gasteiger partial charge in [0, 0.05) is 31.7 Å². The van der Waals surface area contributed by atoms with Crippen molar-refractivity contribution in [2.24, 2.45) is 5.92 Å². The molecule has 2 aromatic rings. The maximum atomic E-state index is 13.1. The predicted octanol–water partition coefficient (Wildman–Crippen LogP) is 2.80. The quantitative estimate of drug-likeness (QED) is 0.892. The van der Waals surface area contributed by atoms with E-state index in [2.05, 4.69) is 15.4 Å². The second-order valence-corrected chi connectivity index (χ2v) is 5.39. The van der Waals surface area contributed by atoms with E-state index in [4.69, 9.17) is 0 Å². The molecule has 5 nitrogen and oxygen atoms in total. The number of carbonyl (C=O) groups is 1. The van der Waals surface area contributed by atoms with E-state index < -0.39 is 12.3 Å². The number of hydrogen-bond donors (Lipinski definition) is 1. The fourth-order valence-corrected chi connectivity index (χ4v) is 2.01. The zero-order valence-electron chi connectivity index (χ0n) is 12.5. The van der Waals surface area contributed by atoms with Crippen molar-refractivity contribution < 1.29 is 13.6 Å². The number of hydrogen-bond acceptors (Lipinski definition) is 3. The summed E-state index contributed by atoms with van der Waals surface area (Å²) in [5.74, 6) is -0.354. The van der Waals surface area contributed by atoms with E-state index >= 15 is 0 Å². The Bertz CT molecular complexity index is 626. The number of halogens is 2. The van der Waals surface area contributed by atoms with E-state index in [-0.39, 0.29) is 23.7 Å². The second-order valence-electron chi connectivity index (χ2n) is 5.39. The van der Waals surface area contributed by atoms with Crippen LogP contribution in [-0.4, -0.2) is 20.7 Å². The molecule has 0 aliphatic carbocycles. The van der Waals surface area contributed by atoms with Crippen LogP contribution in [0.15, 0.2) is 30.7 Å². The molecule has 7 heteroatoms. The molecule has 0 radical (unpaired) electrons. The molecule has 0 bridgehead atoms. The first-order valence-electron chi connectivity index (χ1n) is 7.00. The highest BCUT2D eigenvalue weighted by molar-refractivity contribution is 5.93. The minimum absolute atomic E-state index is 0.218. The number of rotatable bonds is 6. The van der Waals surface area contributed by atoms with E-state index in [9.17, 15) is 13.6 Å². The molecule has 0 spiro atoms. The third-order valence-electron chi connectivity index (χ3n) is 2.99. The van der Waals surface area contributed by atoms with Crippen LogP contribution >= 0.6 is 0 Å². The Morgan fingerprint density at radius 2 is 2.00 bits per heavy atom. The molecule has 1 amide bonds. The summed E-state index contributed by atoms with van der Waals surface area (Å²) in [5, 5.41) is 6.60. The number of amides is 1. The van der Waals surface area contributed by atoms with E-state index in [1.807, 2.05) is 13.8 Å². The molecule has 118 valence electrons. The van der Waals surface area contributed by atoms with Gasteiger partial charge in [0.1, 0.15) is 0 Å². The van der Waals surface area contributed by atoms with E-state index in [1.54, 1.807) is 24.5 Å². The lowest BCUT2D eigenvalue weighted by atomic mass is 10.2. The zero-order valence-corrected chi connectivity index (χ0v) is 12.5. The molecule has 22 heavy (non-hydrogen) atoms. The highest BCUT2D eigenvalue weighted by Gasteiger charge is 2.23. The molecule has 0 saturated heterocycles. The summed E-state index contributed by atoms with van der Waals surface area (Å²) in [5.41, 5.74) is 0.279. The molecule has 0 fully saturated rings. The van der Waals surface area contributed by atoms with Crippen molar-refractivity contribution in [3.8, 4) is 0 Å². The predicted molar refractivity (Wildman–Crippen MR) is 77.4 cm³/mol. The average Bonchev–Trinajstić information content (AvgIpc) is 2.89. The summed E-state index contributed by atoms with van der Waals surface area (Å²) in [6, 6.07) is 3.48. The lowest BCUT2D eigenvalue weighted by Gasteiger charge is -2.05. The standard InChI is InChI=1S/C15H18F2N4O/c1-10(2)8-21-9-12(14(16)17)13(20-21)15(22)19-7-11-3-5-18-6-4-11/h3-6,9-10,14H,7-8H2,1-2H3,(H,19,22). The van der Waals surface area contributed by atoms with Gasteiger partial charge in [-0.1, -0.05) is 13.8 Å². The summed E-state index contributed by atoms with van der Waals surface area (Å²) >= 11 is 0. The topological polar surface area (TPSA) is 59.8 Å². The van der Waals surface area contributed by atoms with Gasteiger partial charge < -0.3 is 5.32 Å². The first-order chi connectivity index (χ1) is 10.5. The monoisotopic (exact) mass is 308 g/mol. The first-order valence-corrected chi connectivity index (χ1v) is 7.00. The minimum atomic E-state index is -2.73. The Hall–Kier alpha value is -2.31. The highest BCUT2D eigenvalue weighted by atomic mass is 19.3. The Morgan fingerprint density at radius 3 is 2.59 bits per heavy atom. The van der Waals surface area contributed by atoms with E-state index in [1.165, 1.54) is 10.9 Å². The van der Waals surface area contributed by atoms with Crippen molar-refractivity contribution in [2.75, 3.05) is 0 Å². The maximum Gasteiger partial charge on any atom is 0.272 e. The Morgan fingerprint density at radius 1 is 1.32 bits per heavy atom. The normalized spacial score (nSPS) is 11.2. The van der Waals surface area contributed by atoms with Gasteiger partial charge in [-0.05, 0) is 23.6 Å². The van der Waals surface area contributed by atoms with Gasteiger partial charge in [-0.25, -0.2) is 8.78 Å². The van der Waals surface area contributed by atoms with Gasteiger partial charge in [0.25, 0.3) is 12.3 Å². The molecule has 0 aliphatic heterocycles. The maximum absolute atomic E-state index is 13.1. The second kappa shape index (κ2) is 7.11. The van der Waals surface area contributed by atoms with Gasteiger partial charge >= 0.3 is 0 Å². The summed E-state index contributed by atoms with van der Waals surface area (Å²) < 4.78 is 27.5. The third-order valence-corrected chi connectivity index (χ3v) is 2.99. The Balaban J connectivity index is 2.12. The number of nitrogens with one attached hydrogen (secondary N) is 1. The number of alkyl halides is 2. The smallest absolute Gasteiger partial charge is 0.272 e. The summed E-state index contributed by atoms with van der Waals surface area (Å²) in [7, 11) is 0. The third kappa shape index (κ3) is 4.09. The van der Waals surface area contributed by atoms with Crippen LogP contribution in [-0.2, 0) is 13.1 Å². The van der Waals surface area contributed by atoms with Gasteiger partial charge in [0.05, 0.1) is 5.56 Å². The number of aromatic nitrogens is 3. The highest BCUT2D eigenvalue weighted by Crippen LogP contribution is 2.22. The SMILES string of the molecule is CC(C)Cn1cc(C(F)F)c(C(=O)NCc2ccncc2)n1. The minimum Gasteiger partial charge on any atom is -0.347 e. The zero-order chi connectivity index (χ0) is 16.1. The molecule has 0 unspecified atom stereocenters. The molecular weight excluding hydrogens is 290 g/mol. The molecule has 2 heterocycles. The lowest BCUT2D eigenvalue weighted by molar-refractivity contribution is 0.0932. The van der Waals surface area contributed by atoms with Crippen LogP contribution in [0.2, 0.25) is 0 Å².